The number of hydrogen-bond donors (Lipinski definition) is 1. The van der Waals surface area contributed by atoms with Crippen LogP contribution in [-0.2, 0) is 26.0 Å². The third-order valence-electron chi connectivity index (χ3n) is 6.20. The number of amides is 1. The van der Waals surface area contributed by atoms with Crippen LogP contribution in [0, 0.1) is 17.5 Å². The van der Waals surface area contributed by atoms with Crippen LogP contribution in [0.25, 0.3) is 11.1 Å². The summed E-state index contributed by atoms with van der Waals surface area (Å²) in [4.78, 5) is 13.8. The summed E-state index contributed by atoms with van der Waals surface area (Å²) in [6.07, 6.45) is 0.131. The summed E-state index contributed by atoms with van der Waals surface area (Å²) < 4.78 is 104. The van der Waals surface area contributed by atoms with Crippen LogP contribution in [0.1, 0.15) is 18.4 Å². The normalized spacial score (nSPS) is 24.2. The topological polar surface area (TPSA) is 75.7 Å². The number of rotatable bonds is 6. The van der Waals surface area contributed by atoms with Gasteiger partial charge in [-0.1, -0.05) is 30.3 Å². The summed E-state index contributed by atoms with van der Waals surface area (Å²) in [6, 6.07) is 3.57. The maximum Gasteiger partial charge on any atom is 0.283 e. The number of carbonyl (C=O) groups excluding carboxylic acids is 1. The van der Waals surface area contributed by atoms with Gasteiger partial charge in [0.2, 0.25) is 10.0 Å². The fourth-order valence-electron chi connectivity index (χ4n) is 4.61. The number of carbonyl (C=O) groups is 1. The van der Waals surface area contributed by atoms with Gasteiger partial charge in [-0.05, 0) is 30.9 Å². The molecule has 2 aliphatic rings. The highest BCUT2D eigenvalue weighted by Crippen LogP contribution is 2.37. The van der Waals surface area contributed by atoms with Crippen molar-refractivity contribution in [1.82, 2.24) is 9.62 Å². The van der Waals surface area contributed by atoms with Crippen LogP contribution >= 0.6 is 0 Å². The van der Waals surface area contributed by atoms with Crippen molar-refractivity contribution in [3.63, 3.8) is 0 Å². The molecule has 1 amide bonds. The van der Waals surface area contributed by atoms with E-state index in [0.29, 0.717) is 19.1 Å². The third kappa shape index (κ3) is 5.19. The van der Waals surface area contributed by atoms with Crippen LogP contribution < -0.4 is 4.72 Å². The van der Waals surface area contributed by atoms with Gasteiger partial charge < -0.3 is 9.64 Å². The lowest BCUT2D eigenvalue weighted by molar-refractivity contribution is -0.143. The van der Waals surface area contributed by atoms with Gasteiger partial charge in [0.1, 0.15) is 18.0 Å². The number of hydrogen-bond acceptors (Lipinski definition) is 4. The Morgan fingerprint density at radius 3 is 2.40 bits per heavy atom. The average Bonchev–Trinajstić information content (AvgIpc) is 3.39. The van der Waals surface area contributed by atoms with Crippen molar-refractivity contribution in [1.29, 1.82) is 0 Å². The first-order chi connectivity index (χ1) is 16.4. The molecular formula is C23H23F5N2O4S. The fourth-order valence-corrected chi connectivity index (χ4v) is 5.40. The molecule has 190 valence electrons. The molecular weight excluding hydrogens is 495 g/mol. The van der Waals surface area contributed by atoms with Gasteiger partial charge in [-0.15, -0.1) is 0 Å². The Hall–Kier alpha value is -2.57. The van der Waals surface area contributed by atoms with E-state index < -0.39 is 70.5 Å². The molecule has 0 aromatic heterocycles. The largest absolute Gasteiger partial charge is 0.368 e. The Bertz CT molecular complexity index is 1230. The van der Waals surface area contributed by atoms with Gasteiger partial charge in [-0.25, -0.2) is 35.1 Å². The zero-order chi connectivity index (χ0) is 25.5. The smallest absolute Gasteiger partial charge is 0.283 e. The lowest BCUT2D eigenvalue weighted by atomic mass is 9.95. The lowest BCUT2D eigenvalue weighted by Gasteiger charge is -2.29. The second-order valence-corrected chi connectivity index (χ2v) is 10.5. The Kier molecular flexibility index (Phi) is 6.91. The second kappa shape index (κ2) is 9.47. The molecule has 2 heterocycles. The summed E-state index contributed by atoms with van der Waals surface area (Å²) in [6.45, 7) is -0.796. The highest BCUT2D eigenvalue weighted by molar-refractivity contribution is 7.88. The van der Waals surface area contributed by atoms with Crippen LogP contribution in [0.15, 0.2) is 36.4 Å². The summed E-state index contributed by atoms with van der Waals surface area (Å²) in [5.74, 6) is -7.84. The molecule has 3 atom stereocenters. The highest BCUT2D eigenvalue weighted by Gasteiger charge is 2.57. The minimum absolute atomic E-state index is 0.167. The molecule has 6 nitrogen and oxygen atoms in total. The molecule has 0 unspecified atom stereocenters. The standard InChI is InChI=1S/C23H23F5N2O4S/c1-35(32,33)29-21-17(30(12-23(21,27)28)22(31)18-9-4-10-34-18)11-13-5-2-6-14(19(13)25)15-7-3-8-16(24)20(15)26/h2-3,5-8,17-18,21,29H,4,9-12H2,1H3/t17-,18+,21+/m0/s1. The zero-order valence-electron chi connectivity index (χ0n) is 18.6. The predicted octanol–water partition coefficient (Wildman–Crippen LogP) is 3.26. The molecule has 0 radical (unpaired) electrons. The van der Waals surface area contributed by atoms with Crippen molar-refractivity contribution in [2.24, 2.45) is 0 Å². The van der Waals surface area contributed by atoms with Crippen LogP contribution in [-0.4, -0.2) is 62.7 Å². The number of ether oxygens (including phenoxy) is 1. The van der Waals surface area contributed by atoms with Crippen LogP contribution in [0.5, 0.6) is 0 Å². The first kappa shape index (κ1) is 25.5. The van der Waals surface area contributed by atoms with E-state index in [1.165, 1.54) is 30.3 Å². The zero-order valence-corrected chi connectivity index (χ0v) is 19.4. The first-order valence-electron chi connectivity index (χ1n) is 10.9. The SMILES string of the molecule is CS(=O)(=O)N[C@@H]1[C@H](Cc2cccc(-c3cccc(F)c3F)c2F)N(C(=O)[C@H]2CCCO2)CC1(F)F. The molecule has 2 aliphatic heterocycles. The van der Waals surface area contributed by atoms with E-state index >= 15 is 4.39 Å². The maximum absolute atomic E-state index is 15.5. The molecule has 2 fully saturated rings. The monoisotopic (exact) mass is 518 g/mol. The molecule has 1 N–H and O–H groups in total. The Morgan fingerprint density at radius 1 is 1.11 bits per heavy atom. The van der Waals surface area contributed by atoms with Crippen molar-refractivity contribution < 1.29 is 39.9 Å². The second-order valence-electron chi connectivity index (χ2n) is 8.75. The van der Waals surface area contributed by atoms with Gasteiger partial charge in [-0.2, -0.15) is 0 Å². The summed E-state index contributed by atoms with van der Waals surface area (Å²) in [7, 11) is -4.13. The first-order valence-corrected chi connectivity index (χ1v) is 12.8. The van der Waals surface area contributed by atoms with Crippen LogP contribution in [0.4, 0.5) is 22.0 Å². The number of benzene rings is 2. The van der Waals surface area contributed by atoms with Crippen molar-refractivity contribution in [3.8, 4) is 11.1 Å². The molecule has 0 saturated carbocycles. The van der Waals surface area contributed by atoms with Gasteiger partial charge in [0.25, 0.3) is 11.8 Å². The van der Waals surface area contributed by atoms with Gasteiger partial charge in [0.05, 0.1) is 18.8 Å². The quantitative estimate of drug-likeness (QED) is 0.596. The Morgan fingerprint density at radius 2 is 1.77 bits per heavy atom. The molecule has 2 aromatic rings. The highest BCUT2D eigenvalue weighted by atomic mass is 32.2. The molecule has 0 bridgehead atoms. The van der Waals surface area contributed by atoms with Crippen molar-refractivity contribution in [2.45, 2.75) is 43.4 Å². The van der Waals surface area contributed by atoms with E-state index in [9.17, 15) is 30.8 Å². The number of nitrogens with zero attached hydrogens (tertiary/aromatic N) is 1. The van der Waals surface area contributed by atoms with Gasteiger partial charge in [0, 0.05) is 17.7 Å². The third-order valence-corrected chi connectivity index (χ3v) is 6.88. The van der Waals surface area contributed by atoms with Crippen LogP contribution in [0.2, 0.25) is 0 Å². The lowest BCUT2D eigenvalue weighted by Crippen LogP contribution is -2.53. The van der Waals surface area contributed by atoms with Crippen molar-refractivity contribution in [2.75, 3.05) is 19.4 Å². The molecule has 4 rings (SSSR count). The molecule has 2 saturated heterocycles. The van der Waals surface area contributed by atoms with Gasteiger partial charge in [-0.3, -0.25) is 4.79 Å². The number of halogens is 5. The van der Waals surface area contributed by atoms with E-state index in [1.54, 1.807) is 0 Å². The van der Waals surface area contributed by atoms with E-state index in [4.69, 9.17) is 4.74 Å². The van der Waals surface area contributed by atoms with Gasteiger partial charge in [0.15, 0.2) is 11.6 Å². The average molecular weight is 519 g/mol. The van der Waals surface area contributed by atoms with Crippen molar-refractivity contribution >= 4 is 15.9 Å². The molecule has 0 aliphatic carbocycles. The summed E-state index contributed by atoms with van der Waals surface area (Å²) in [5, 5.41) is 0. The minimum atomic E-state index is -4.13. The molecule has 35 heavy (non-hydrogen) atoms. The Balaban J connectivity index is 1.74. The van der Waals surface area contributed by atoms with E-state index in [-0.39, 0.29) is 23.3 Å². The van der Waals surface area contributed by atoms with E-state index in [1.807, 2.05) is 4.72 Å². The molecule has 0 spiro atoms. The minimum Gasteiger partial charge on any atom is -0.368 e. The molecule has 12 heteroatoms. The fraction of sp³-hybridized carbons (Fsp3) is 0.435. The predicted molar refractivity (Wildman–Crippen MR) is 117 cm³/mol. The van der Waals surface area contributed by atoms with E-state index in [0.717, 1.165) is 11.0 Å². The summed E-state index contributed by atoms with van der Waals surface area (Å²) in [5.41, 5.74) is -0.826. The van der Waals surface area contributed by atoms with Crippen molar-refractivity contribution in [3.05, 3.63) is 59.4 Å². The molecule has 2 aromatic carbocycles. The summed E-state index contributed by atoms with van der Waals surface area (Å²) >= 11 is 0. The van der Waals surface area contributed by atoms with Gasteiger partial charge >= 0.3 is 0 Å². The number of likely N-dealkylation sites (tertiary alicyclic amines) is 1. The number of nitrogens with one attached hydrogen (secondary N) is 1. The number of alkyl halides is 2. The van der Waals surface area contributed by atoms with Crippen LogP contribution in [0.3, 0.4) is 0 Å². The van der Waals surface area contributed by atoms with E-state index in [2.05, 4.69) is 0 Å². The number of sulfonamides is 1. The maximum atomic E-state index is 15.5. The Labute approximate surface area is 199 Å².